The Morgan fingerprint density at radius 2 is 2.29 bits per heavy atom. The fourth-order valence-corrected chi connectivity index (χ4v) is 3.69. The van der Waals surface area contributed by atoms with E-state index in [2.05, 4.69) is 34.0 Å². The number of rotatable bonds is 2. The Bertz CT molecular complexity index is 802. The zero-order valence-corrected chi connectivity index (χ0v) is 15.2. The SMILES string of the molecule is Cc1nc(N2CCC(NC(=O)C#Cc3cccc(Cl)c3)C2)sc1C. The van der Waals surface area contributed by atoms with E-state index in [1.807, 2.05) is 19.1 Å². The number of aryl methyl sites for hydroxylation is 2. The molecule has 4 nitrogen and oxygen atoms in total. The maximum absolute atomic E-state index is 12.0. The molecule has 2 heterocycles. The van der Waals surface area contributed by atoms with Crippen LogP contribution in [0.3, 0.4) is 0 Å². The van der Waals surface area contributed by atoms with Gasteiger partial charge in [0, 0.05) is 40.5 Å². The third kappa shape index (κ3) is 4.08. The van der Waals surface area contributed by atoms with Crippen LogP contribution in [-0.2, 0) is 4.79 Å². The first-order valence-electron chi connectivity index (χ1n) is 7.78. The summed E-state index contributed by atoms with van der Waals surface area (Å²) >= 11 is 7.61. The van der Waals surface area contributed by atoms with Crippen LogP contribution in [0.5, 0.6) is 0 Å². The standard InChI is InChI=1S/C18H18ClN3OS/c1-12-13(2)24-18(20-12)22-9-8-16(11-22)21-17(23)7-6-14-4-3-5-15(19)10-14/h3-5,10,16H,8-9,11H2,1-2H3,(H,21,23). The number of carbonyl (C=O) groups is 1. The van der Waals surface area contributed by atoms with Crippen molar-refractivity contribution in [2.45, 2.75) is 26.3 Å². The second kappa shape index (κ2) is 7.25. The first-order valence-corrected chi connectivity index (χ1v) is 8.98. The van der Waals surface area contributed by atoms with E-state index in [1.54, 1.807) is 23.5 Å². The Kier molecular flexibility index (Phi) is 5.08. The Balaban J connectivity index is 1.56. The van der Waals surface area contributed by atoms with E-state index in [0.717, 1.165) is 35.9 Å². The molecule has 1 aromatic carbocycles. The normalized spacial score (nSPS) is 16.6. The molecule has 2 aromatic rings. The van der Waals surface area contributed by atoms with Gasteiger partial charge in [-0.25, -0.2) is 4.98 Å². The largest absolute Gasteiger partial charge is 0.346 e. The molecular formula is C18H18ClN3OS. The maximum Gasteiger partial charge on any atom is 0.296 e. The zero-order valence-electron chi connectivity index (χ0n) is 13.6. The van der Waals surface area contributed by atoms with Gasteiger partial charge in [0.25, 0.3) is 5.91 Å². The highest BCUT2D eigenvalue weighted by atomic mass is 35.5. The van der Waals surface area contributed by atoms with Gasteiger partial charge in [-0.1, -0.05) is 23.6 Å². The number of hydrogen-bond acceptors (Lipinski definition) is 4. The highest BCUT2D eigenvalue weighted by Gasteiger charge is 2.25. The van der Waals surface area contributed by atoms with E-state index in [9.17, 15) is 4.79 Å². The fraction of sp³-hybridized carbons (Fsp3) is 0.333. The predicted molar refractivity (Wildman–Crippen MR) is 98.7 cm³/mol. The summed E-state index contributed by atoms with van der Waals surface area (Å²) in [5, 5.41) is 4.62. The smallest absolute Gasteiger partial charge is 0.296 e. The minimum absolute atomic E-state index is 0.107. The first-order chi connectivity index (χ1) is 11.5. The molecule has 1 aromatic heterocycles. The van der Waals surface area contributed by atoms with Gasteiger partial charge in [-0.3, -0.25) is 4.79 Å². The molecule has 1 aliphatic heterocycles. The van der Waals surface area contributed by atoms with Gasteiger partial charge in [0.15, 0.2) is 5.13 Å². The molecule has 1 fully saturated rings. The third-order valence-electron chi connectivity index (χ3n) is 3.96. The summed E-state index contributed by atoms with van der Waals surface area (Å²) in [6.07, 6.45) is 0.905. The molecule has 124 valence electrons. The van der Waals surface area contributed by atoms with Gasteiger partial charge in [-0.05, 0) is 38.5 Å². The van der Waals surface area contributed by atoms with Crippen LogP contribution in [0, 0.1) is 25.7 Å². The van der Waals surface area contributed by atoms with Crippen molar-refractivity contribution < 1.29 is 4.79 Å². The van der Waals surface area contributed by atoms with Gasteiger partial charge < -0.3 is 10.2 Å². The van der Waals surface area contributed by atoms with Gasteiger partial charge in [0.2, 0.25) is 0 Å². The number of hydrogen-bond donors (Lipinski definition) is 1. The molecule has 0 bridgehead atoms. The second-order valence-corrected chi connectivity index (χ2v) is 7.42. The molecule has 1 N–H and O–H groups in total. The van der Waals surface area contributed by atoms with E-state index in [-0.39, 0.29) is 11.9 Å². The van der Waals surface area contributed by atoms with Crippen LogP contribution in [0.15, 0.2) is 24.3 Å². The van der Waals surface area contributed by atoms with Gasteiger partial charge in [0.05, 0.1) is 5.69 Å². The number of amides is 1. The van der Waals surface area contributed by atoms with Crippen LogP contribution in [0.2, 0.25) is 5.02 Å². The van der Waals surface area contributed by atoms with Crippen LogP contribution >= 0.6 is 22.9 Å². The van der Waals surface area contributed by atoms with Crippen LogP contribution in [-0.4, -0.2) is 30.0 Å². The van der Waals surface area contributed by atoms with Crippen LogP contribution < -0.4 is 10.2 Å². The summed E-state index contributed by atoms with van der Waals surface area (Å²) in [7, 11) is 0. The average molecular weight is 360 g/mol. The summed E-state index contributed by atoms with van der Waals surface area (Å²) in [6.45, 7) is 5.78. The van der Waals surface area contributed by atoms with Crippen molar-refractivity contribution in [3.63, 3.8) is 0 Å². The minimum atomic E-state index is -0.256. The van der Waals surface area contributed by atoms with Crippen molar-refractivity contribution in [1.82, 2.24) is 10.3 Å². The number of anilines is 1. The number of nitrogens with one attached hydrogen (secondary N) is 1. The molecular weight excluding hydrogens is 342 g/mol. The Morgan fingerprint density at radius 3 is 3.00 bits per heavy atom. The molecule has 3 rings (SSSR count). The van der Waals surface area contributed by atoms with Crippen LogP contribution in [0.25, 0.3) is 0 Å². The van der Waals surface area contributed by atoms with E-state index in [4.69, 9.17) is 11.6 Å². The lowest BCUT2D eigenvalue weighted by Gasteiger charge is -2.14. The van der Waals surface area contributed by atoms with Crippen molar-refractivity contribution in [3.05, 3.63) is 45.4 Å². The predicted octanol–water partition coefficient (Wildman–Crippen LogP) is 3.16. The van der Waals surface area contributed by atoms with Crippen molar-refractivity contribution in [2.75, 3.05) is 18.0 Å². The molecule has 0 saturated carbocycles. The number of thiazole rings is 1. The van der Waals surface area contributed by atoms with Crippen molar-refractivity contribution >= 4 is 34.0 Å². The molecule has 24 heavy (non-hydrogen) atoms. The fourth-order valence-electron chi connectivity index (χ4n) is 2.56. The first kappa shape index (κ1) is 16.8. The molecule has 0 spiro atoms. The number of carbonyl (C=O) groups excluding carboxylic acids is 1. The molecule has 1 amide bonds. The molecule has 1 atom stereocenters. The van der Waals surface area contributed by atoms with Gasteiger partial charge in [-0.2, -0.15) is 0 Å². The highest BCUT2D eigenvalue weighted by molar-refractivity contribution is 7.15. The quantitative estimate of drug-likeness (QED) is 0.838. The van der Waals surface area contributed by atoms with E-state index < -0.39 is 0 Å². The van der Waals surface area contributed by atoms with Gasteiger partial charge in [-0.15, -0.1) is 11.3 Å². The third-order valence-corrected chi connectivity index (χ3v) is 5.32. The maximum atomic E-state index is 12.0. The highest BCUT2D eigenvalue weighted by Crippen LogP contribution is 2.27. The molecule has 0 radical (unpaired) electrons. The number of aromatic nitrogens is 1. The Morgan fingerprint density at radius 1 is 1.46 bits per heavy atom. The monoisotopic (exact) mass is 359 g/mol. The van der Waals surface area contributed by atoms with E-state index in [1.165, 1.54) is 4.88 Å². The zero-order chi connectivity index (χ0) is 17.1. The lowest BCUT2D eigenvalue weighted by atomic mass is 10.2. The topological polar surface area (TPSA) is 45.2 Å². The molecule has 1 unspecified atom stereocenters. The van der Waals surface area contributed by atoms with Crippen molar-refractivity contribution in [3.8, 4) is 11.8 Å². The summed E-state index contributed by atoms with van der Waals surface area (Å²) in [4.78, 5) is 20.1. The Hall–Kier alpha value is -2.03. The van der Waals surface area contributed by atoms with E-state index >= 15 is 0 Å². The molecule has 0 aliphatic carbocycles. The van der Waals surface area contributed by atoms with Crippen LogP contribution in [0.1, 0.15) is 22.6 Å². The second-order valence-electron chi connectivity index (χ2n) is 5.80. The van der Waals surface area contributed by atoms with E-state index in [0.29, 0.717) is 5.02 Å². The lowest BCUT2D eigenvalue weighted by molar-refractivity contribution is -0.116. The Labute approximate surface area is 150 Å². The summed E-state index contributed by atoms with van der Waals surface area (Å²) in [6, 6.07) is 7.28. The number of nitrogens with zero attached hydrogens (tertiary/aromatic N) is 2. The summed E-state index contributed by atoms with van der Waals surface area (Å²) in [5.41, 5.74) is 1.81. The minimum Gasteiger partial charge on any atom is -0.346 e. The number of benzene rings is 1. The number of halogens is 1. The summed E-state index contributed by atoms with van der Waals surface area (Å²) in [5.74, 6) is 5.22. The van der Waals surface area contributed by atoms with Gasteiger partial charge in [0.1, 0.15) is 0 Å². The lowest BCUT2D eigenvalue weighted by Crippen LogP contribution is -2.36. The van der Waals surface area contributed by atoms with Crippen molar-refractivity contribution in [2.24, 2.45) is 0 Å². The molecule has 1 saturated heterocycles. The van der Waals surface area contributed by atoms with Crippen molar-refractivity contribution in [1.29, 1.82) is 0 Å². The van der Waals surface area contributed by atoms with Crippen LogP contribution in [0.4, 0.5) is 5.13 Å². The molecule has 1 aliphatic rings. The average Bonchev–Trinajstić information content (AvgIpc) is 3.13. The summed E-state index contributed by atoms with van der Waals surface area (Å²) < 4.78 is 0. The molecule has 6 heteroatoms. The van der Waals surface area contributed by atoms with Gasteiger partial charge >= 0.3 is 0 Å².